The molecule has 0 spiro atoms. The Kier molecular flexibility index (Phi) is 7.46. The molecule has 3 aromatic rings. The van der Waals surface area contributed by atoms with Gasteiger partial charge in [0.1, 0.15) is 5.69 Å². The van der Waals surface area contributed by atoms with Crippen LogP contribution in [-0.4, -0.2) is 64.8 Å². The number of carbonyl (C=O) groups excluding carboxylic acids is 2. The van der Waals surface area contributed by atoms with Crippen LogP contribution >= 0.6 is 0 Å². The number of anilines is 2. The molecule has 0 aliphatic carbocycles. The van der Waals surface area contributed by atoms with Crippen LogP contribution < -0.4 is 10.2 Å². The number of alkyl halides is 2. The summed E-state index contributed by atoms with van der Waals surface area (Å²) in [6.45, 7) is 4.68. The summed E-state index contributed by atoms with van der Waals surface area (Å²) in [4.78, 5) is 32.3. The summed E-state index contributed by atoms with van der Waals surface area (Å²) in [5, 5.41) is 7.66. The summed E-state index contributed by atoms with van der Waals surface area (Å²) in [5.41, 5.74) is 4.90. The second-order valence-corrected chi connectivity index (χ2v) is 10.9. The van der Waals surface area contributed by atoms with E-state index in [1.54, 1.807) is 25.1 Å². The standard InChI is InChI=1S/C30H34F2N6O3/c1-18(39)36-11-7-26-24(17-36)29(35-38(26)21-8-12-41-13-9-21)37-10-3-4-19-14-22(23(28(31)32)15-27(19)37)20-5-6-25(34-16-20)30(40)33-2/h5-6,14-16,21,28H,3-4,7-13,17H2,1-2H3,(H,33,40). The lowest BCUT2D eigenvalue weighted by Crippen LogP contribution is -2.36. The van der Waals surface area contributed by atoms with Gasteiger partial charge in [0.2, 0.25) is 5.91 Å². The van der Waals surface area contributed by atoms with Crippen LogP contribution in [0.15, 0.2) is 30.5 Å². The van der Waals surface area contributed by atoms with Crippen LogP contribution in [0.3, 0.4) is 0 Å². The van der Waals surface area contributed by atoms with Crippen LogP contribution in [0.25, 0.3) is 11.1 Å². The number of carbonyl (C=O) groups is 2. The van der Waals surface area contributed by atoms with Crippen molar-refractivity contribution in [1.82, 2.24) is 25.0 Å². The number of aromatic nitrogens is 3. The van der Waals surface area contributed by atoms with E-state index in [0.717, 1.165) is 54.0 Å². The van der Waals surface area contributed by atoms with Crippen molar-refractivity contribution in [2.75, 3.05) is 38.3 Å². The molecule has 6 rings (SSSR count). The van der Waals surface area contributed by atoms with Crippen LogP contribution in [-0.2, 0) is 28.9 Å². The topological polar surface area (TPSA) is 92.6 Å². The Balaban J connectivity index is 1.44. The van der Waals surface area contributed by atoms with Crippen molar-refractivity contribution in [1.29, 1.82) is 0 Å². The van der Waals surface area contributed by atoms with Gasteiger partial charge in [-0.2, -0.15) is 5.10 Å². The highest BCUT2D eigenvalue weighted by atomic mass is 19.3. The van der Waals surface area contributed by atoms with Crippen molar-refractivity contribution in [2.45, 2.75) is 58.0 Å². The summed E-state index contributed by atoms with van der Waals surface area (Å²) in [6.07, 6.45) is 2.79. The molecule has 9 nitrogen and oxygen atoms in total. The number of amides is 2. The first-order chi connectivity index (χ1) is 19.9. The maximum Gasteiger partial charge on any atom is 0.269 e. The molecule has 3 aliphatic heterocycles. The van der Waals surface area contributed by atoms with Gasteiger partial charge in [-0.05, 0) is 55.0 Å². The maximum absolute atomic E-state index is 14.6. The Morgan fingerprint density at radius 1 is 1.12 bits per heavy atom. The fourth-order valence-electron chi connectivity index (χ4n) is 6.26. The fraction of sp³-hybridized carbons (Fsp3) is 0.467. The number of hydrogen-bond donors (Lipinski definition) is 1. The third kappa shape index (κ3) is 5.07. The lowest BCUT2D eigenvalue weighted by Gasteiger charge is -2.33. The van der Waals surface area contributed by atoms with E-state index in [1.165, 1.54) is 13.2 Å². The Morgan fingerprint density at radius 2 is 1.93 bits per heavy atom. The highest BCUT2D eigenvalue weighted by Crippen LogP contribution is 2.43. The molecule has 5 heterocycles. The molecule has 0 bridgehead atoms. The number of fused-ring (bicyclic) bond motifs is 2. The van der Waals surface area contributed by atoms with Crippen molar-refractivity contribution < 1.29 is 23.1 Å². The number of rotatable bonds is 5. The summed E-state index contributed by atoms with van der Waals surface area (Å²) in [5.74, 6) is 0.432. The molecule has 1 aromatic carbocycles. The number of nitrogens with one attached hydrogen (secondary N) is 1. The Morgan fingerprint density at radius 3 is 2.61 bits per heavy atom. The molecule has 2 aromatic heterocycles. The van der Waals surface area contributed by atoms with E-state index in [1.807, 2.05) is 11.0 Å². The molecule has 3 aliphatic rings. The van der Waals surface area contributed by atoms with E-state index < -0.39 is 6.43 Å². The summed E-state index contributed by atoms with van der Waals surface area (Å²) < 4.78 is 36.8. The zero-order valence-corrected chi connectivity index (χ0v) is 23.3. The van der Waals surface area contributed by atoms with Crippen LogP contribution in [0.4, 0.5) is 20.3 Å². The predicted molar refractivity (Wildman–Crippen MR) is 149 cm³/mol. The number of nitrogens with zero attached hydrogens (tertiary/aromatic N) is 5. The summed E-state index contributed by atoms with van der Waals surface area (Å²) >= 11 is 0. The SMILES string of the molecule is CNC(=O)c1ccc(-c2cc3c(cc2C(F)F)N(c2nn(C4CCOCC4)c4c2CN(C(C)=O)CC4)CCC3)cn1. The molecule has 2 amide bonds. The highest BCUT2D eigenvalue weighted by molar-refractivity contribution is 5.92. The molecule has 0 atom stereocenters. The molecule has 1 saturated heterocycles. The first-order valence-corrected chi connectivity index (χ1v) is 14.2. The van der Waals surface area contributed by atoms with Crippen LogP contribution in [0.2, 0.25) is 0 Å². The van der Waals surface area contributed by atoms with E-state index >= 15 is 0 Å². The number of ether oxygens (including phenoxy) is 1. The average molecular weight is 565 g/mol. The minimum atomic E-state index is -2.71. The molecule has 1 fully saturated rings. The third-order valence-corrected chi connectivity index (χ3v) is 8.44. The van der Waals surface area contributed by atoms with Gasteiger partial charge in [-0.1, -0.05) is 6.07 Å². The van der Waals surface area contributed by atoms with Gasteiger partial charge in [-0.3, -0.25) is 19.3 Å². The van der Waals surface area contributed by atoms with Crippen molar-refractivity contribution in [3.05, 3.63) is 58.5 Å². The number of hydrogen-bond acceptors (Lipinski definition) is 6. The second kappa shape index (κ2) is 11.2. The van der Waals surface area contributed by atoms with Crippen molar-refractivity contribution in [3.8, 4) is 11.1 Å². The minimum Gasteiger partial charge on any atom is -0.381 e. The Hall–Kier alpha value is -3.86. The van der Waals surface area contributed by atoms with Gasteiger partial charge < -0.3 is 19.9 Å². The molecule has 0 unspecified atom stereocenters. The van der Waals surface area contributed by atoms with Gasteiger partial charge in [0.05, 0.1) is 12.6 Å². The molecule has 0 saturated carbocycles. The largest absolute Gasteiger partial charge is 0.381 e. The monoisotopic (exact) mass is 564 g/mol. The van der Waals surface area contributed by atoms with Crippen molar-refractivity contribution in [3.63, 3.8) is 0 Å². The second-order valence-electron chi connectivity index (χ2n) is 10.9. The Labute approximate surface area is 237 Å². The lowest BCUT2D eigenvalue weighted by atomic mass is 9.92. The van der Waals surface area contributed by atoms with E-state index in [9.17, 15) is 18.4 Å². The van der Waals surface area contributed by atoms with Gasteiger partial charge in [0.15, 0.2) is 5.82 Å². The molecular weight excluding hydrogens is 530 g/mol. The predicted octanol–water partition coefficient (Wildman–Crippen LogP) is 4.58. The summed E-state index contributed by atoms with van der Waals surface area (Å²) in [7, 11) is 1.52. The van der Waals surface area contributed by atoms with Gasteiger partial charge >= 0.3 is 0 Å². The number of benzene rings is 1. The molecular formula is C30H34F2N6O3. The number of pyridine rings is 1. The van der Waals surface area contributed by atoms with E-state index in [4.69, 9.17) is 9.84 Å². The molecule has 216 valence electrons. The van der Waals surface area contributed by atoms with E-state index in [0.29, 0.717) is 50.4 Å². The van der Waals surface area contributed by atoms with Crippen molar-refractivity contribution >= 4 is 23.3 Å². The zero-order valence-electron chi connectivity index (χ0n) is 23.3. The lowest BCUT2D eigenvalue weighted by molar-refractivity contribution is -0.129. The number of aryl methyl sites for hydroxylation is 1. The average Bonchev–Trinajstić information content (AvgIpc) is 3.39. The first-order valence-electron chi connectivity index (χ1n) is 14.2. The van der Waals surface area contributed by atoms with E-state index in [-0.39, 0.29) is 29.1 Å². The zero-order chi connectivity index (χ0) is 28.7. The third-order valence-electron chi connectivity index (χ3n) is 8.44. The highest BCUT2D eigenvalue weighted by Gasteiger charge is 2.34. The molecule has 0 radical (unpaired) electrons. The normalized spacial score (nSPS) is 17.4. The van der Waals surface area contributed by atoms with Crippen molar-refractivity contribution in [2.24, 2.45) is 0 Å². The quantitative estimate of drug-likeness (QED) is 0.488. The summed E-state index contributed by atoms with van der Waals surface area (Å²) in [6, 6.07) is 6.85. The molecule has 41 heavy (non-hydrogen) atoms. The van der Waals surface area contributed by atoms with E-state index in [2.05, 4.69) is 19.9 Å². The van der Waals surface area contributed by atoms with Crippen LogP contribution in [0, 0.1) is 0 Å². The molecule has 11 heteroatoms. The van der Waals surface area contributed by atoms with Crippen LogP contribution in [0.5, 0.6) is 0 Å². The Bertz CT molecular complexity index is 1470. The van der Waals surface area contributed by atoms with Gasteiger partial charge in [-0.15, -0.1) is 0 Å². The first kappa shape index (κ1) is 27.3. The minimum absolute atomic E-state index is 0.0140. The maximum atomic E-state index is 14.6. The van der Waals surface area contributed by atoms with Gasteiger partial charge in [0, 0.05) is 81.0 Å². The smallest absolute Gasteiger partial charge is 0.269 e. The van der Waals surface area contributed by atoms with Gasteiger partial charge in [-0.25, -0.2) is 8.78 Å². The van der Waals surface area contributed by atoms with Crippen LogP contribution in [0.1, 0.15) is 71.5 Å². The van der Waals surface area contributed by atoms with Gasteiger partial charge in [0.25, 0.3) is 12.3 Å². The number of halogens is 2. The fourth-order valence-corrected chi connectivity index (χ4v) is 6.26. The molecule has 1 N–H and O–H groups in total.